The minimum absolute atomic E-state index is 0.377. The maximum absolute atomic E-state index is 11.8. The Morgan fingerprint density at radius 2 is 1.96 bits per heavy atom. The maximum Gasteiger partial charge on any atom is 0.346 e. The summed E-state index contributed by atoms with van der Waals surface area (Å²) >= 11 is 0. The normalized spacial score (nSPS) is 12.6. The fourth-order valence-corrected chi connectivity index (χ4v) is 3.36. The van der Waals surface area contributed by atoms with Crippen LogP contribution in [0.1, 0.15) is 28.0 Å². The first-order valence-corrected chi connectivity index (χ1v) is 8.93. The van der Waals surface area contributed by atoms with E-state index in [1.165, 1.54) is 6.07 Å². The smallest absolute Gasteiger partial charge is 0.323 e. The van der Waals surface area contributed by atoms with Gasteiger partial charge in [-0.2, -0.15) is 5.26 Å². The van der Waals surface area contributed by atoms with Crippen LogP contribution in [0, 0.1) is 18.3 Å². The van der Waals surface area contributed by atoms with Crippen LogP contribution in [0.4, 0.5) is 0 Å². The number of rotatable bonds is 6. The number of nitriles is 1. The highest BCUT2D eigenvalue weighted by Gasteiger charge is 2.30. The fourth-order valence-electron chi connectivity index (χ4n) is 2.44. The van der Waals surface area contributed by atoms with Crippen molar-refractivity contribution < 1.29 is 14.4 Å². The summed E-state index contributed by atoms with van der Waals surface area (Å²) in [6.07, 6.45) is 0.668. The molecule has 2 aromatic carbocycles. The molecule has 0 spiro atoms. The van der Waals surface area contributed by atoms with E-state index in [9.17, 15) is 14.4 Å². The van der Waals surface area contributed by atoms with E-state index in [-0.39, 0.29) is 0 Å². The Morgan fingerprint density at radius 3 is 2.61 bits per heavy atom. The van der Waals surface area contributed by atoms with Crippen molar-refractivity contribution in [2.45, 2.75) is 19.1 Å². The van der Waals surface area contributed by atoms with Crippen LogP contribution in [-0.4, -0.2) is 16.3 Å². The van der Waals surface area contributed by atoms with Crippen LogP contribution in [0.15, 0.2) is 48.5 Å². The van der Waals surface area contributed by atoms with Crippen LogP contribution < -0.4 is 5.32 Å². The molecule has 0 bridgehead atoms. The minimum Gasteiger partial charge on any atom is -0.323 e. The van der Waals surface area contributed by atoms with Crippen molar-refractivity contribution in [3.63, 3.8) is 0 Å². The first-order chi connectivity index (χ1) is 10.9. The third-order valence-electron chi connectivity index (χ3n) is 3.66. The van der Waals surface area contributed by atoms with Crippen LogP contribution >= 0.6 is 7.60 Å². The zero-order chi connectivity index (χ0) is 16.9. The number of hydrogen-bond acceptors (Lipinski definition) is 3. The Morgan fingerprint density at radius 1 is 1.22 bits per heavy atom. The van der Waals surface area contributed by atoms with Gasteiger partial charge in [0.25, 0.3) is 0 Å². The summed E-state index contributed by atoms with van der Waals surface area (Å²) in [7, 11) is -4.38. The molecule has 3 N–H and O–H groups in total. The molecule has 23 heavy (non-hydrogen) atoms. The van der Waals surface area contributed by atoms with Gasteiger partial charge < -0.3 is 9.79 Å². The molecule has 5 nitrogen and oxygen atoms in total. The van der Waals surface area contributed by atoms with Crippen molar-refractivity contribution in [2.75, 3.05) is 6.54 Å². The standard InChI is InChI=1S/C17H19N2O3P/c1-13-5-2-3-7-15(13)9-10-19-17(23(20,21)22)16-8-4-6-14(11-16)12-18/h2-8,11,17,19H,9-10H2,1H3,(H2,20,21,22). The summed E-state index contributed by atoms with van der Waals surface area (Å²) in [6, 6.07) is 16.2. The molecule has 2 aromatic rings. The lowest BCUT2D eigenvalue weighted by atomic mass is 10.1. The average molecular weight is 330 g/mol. The zero-order valence-electron chi connectivity index (χ0n) is 12.8. The molecular weight excluding hydrogens is 311 g/mol. The molecule has 0 saturated heterocycles. The van der Waals surface area contributed by atoms with Gasteiger partial charge in [-0.1, -0.05) is 36.4 Å². The molecule has 0 saturated carbocycles. The van der Waals surface area contributed by atoms with Gasteiger partial charge in [-0.3, -0.25) is 9.88 Å². The quantitative estimate of drug-likeness (QED) is 0.708. The van der Waals surface area contributed by atoms with Crippen LogP contribution in [0.25, 0.3) is 0 Å². The predicted molar refractivity (Wildman–Crippen MR) is 88.8 cm³/mol. The predicted octanol–water partition coefficient (Wildman–Crippen LogP) is 2.88. The lowest BCUT2D eigenvalue weighted by Crippen LogP contribution is -2.24. The molecule has 1 atom stereocenters. The number of hydrogen-bond donors (Lipinski definition) is 3. The van der Waals surface area contributed by atoms with E-state index in [2.05, 4.69) is 5.32 Å². The van der Waals surface area contributed by atoms with Gasteiger partial charge in [-0.05, 0) is 42.2 Å². The molecule has 6 heteroatoms. The third kappa shape index (κ3) is 4.75. The van der Waals surface area contributed by atoms with E-state index in [4.69, 9.17) is 5.26 Å². The van der Waals surface area contributed by atoms with Gasteiger partial charge >= 0.3 is 7.60 Å². The van der Waals surface area contributed by atoms with Crippen molar-refractivity contribution >= 4 is 7.60 Å². The van der Waals surface area contributed by atoms with Crippen molar-refractivity contribution in [1.82, 2.24) is 5.32 Å². The molecule has 0 aromatic heterocycles. The highest BCUT2D eigenvalue weighted by molar-refractivity contribution is 7.52. The second-order valence-electron chi connectivity index (χ2n) is 5.36. The van der Waals surface area contributed by atoms with Crippen LogP contribution in [0.5, 0.6) is 0 Å². The van der Waals surface area contributed by atoms with Gasteiger partial charge in [0, 0.05) is 6.54 Å². The number of benzene rings is 2. The van der Waals surface area contributed by atoms with Crippen molar-refractivity contribution in [3.05, 3.63) is 70.8 Å². The van der Waals surface area contributed by atoms with E-state index in [0.717, 1.165) is 11.1 Å². The number of nitrogens with zero attached hydrogens (tertiary/aromatic N) is 1. The second-order valence-corrected chi connectivity index (χ2v) is 7.05. The summed E-state index contributed by atoms with van der Waals surface area (Å²) in [4.78, 5) is 19.2. The Bertz CT molecular complexity index is 764. The minimum atomic E-state index is -4.38. The molecular formula is C17H19N2O3P. The summed E-state index contributed by atoms with van der Waals surface area (Å²) < 4.78 is 11.8. The van der Waals surface area contributed by atoms with Crippen LogP contribution in [0.2, 0.25) is 0 Å². The second kappa shape index (κ2) is 7.54. The largest absolute Gasteiger partial charge is 0.346 e. The summed E-state index contributed by atoms with van der Waals surface area (Å²) in [5.41, 5.74) is 3.08. The van der Waals surface area contributed by atoms with Crippen LogP contribution in [0.3, 0.4) is 0 Å². The topological polar surface area (TPSA) is 93.4 Å². The molecule has 2 rings (SSSR count). The first-order valence-electron chi connectivity index (χ1n) is 7.25. The van der Waals surface area contributed by atoms with Crippen molar-refractivity contribution in [2.24, 2.45) is 0 Å². The Hall–Kier alpha value is -1.96. The highest BCUT2D eigenvalue weighted by atomic mass is 31.2. The lowest BCUT2D eigenvalue weighted by Gasteiger charge is -2.21. The van der Waals surface area contributed by atoms with E-state index in [1.807, 2.05) is 37.3 Å². The molecule has 1 unspecified atom stereocenters. The van der Waals surface area contributed by atoms with Crippen LogP contribution in [-0.2, 0) is 11.0 Å². The summed E-state index contributed by atoms with van der Waals surface area (Å²) in [5, 5.41) is 11.9. The summed E-state index contributed by atoms with van der Waals surface area (Å²) in [5.74, 6) is -1.11. The number of nitrogens with one attached hydrogen (secondary N) is 1. The monoisotopic (exact) mass is 330 g/mol. The van der Waals surface area contributed by atoms with E-state index < -0.39 is 13.4 Å². The van der Waals surface area contributed by atoms with Crippen molar-refractivity contribution in [3.8, 4) is 6.07 Å². The average Bonchev–Trinajstić information content (AvgIpc) is 2.52. The van der Waals surface area contributed by atoms with Gasteiger partial charge in [-0.25, -0.2) is 0 Å². The SMILES string of the molecule is Cc1ccccc1CCNC(c1cccc(C#N)c1)P(=O)(O)O. The zero-order valence-corrected chi connectivity index (χ0v) is 13.7. The Balaban J connectivity index is 2.13. The molecule has 120 valence electrons. The van der Waals surface area contributed by atoms with Crippen molar-refractivity contribution in [1.29, 1.82) is 5.26 Å². The van der Waals surface area contributed by atoms with Gasteiger partial charge in [-0.15, -0.1) is 0 Å². The number of aryl methyl sites for hydroxylation is 1. The summed E-state index contributed by atoms with van der Waals surface area (Å²) in [6.45, 7) is 2.43. The van der Waals surface area contributed by atoms with Gasteiger partial charge in [0.2, 0.25) is 0 Å². The first kappa shape index (κ1) is 17.4. The van der Waals surface area contributed by atoms with E-state index in [1.54, 1.807) is 18.2 Å². The Kier molecular flexibility index (Phi) is 5.70. The molecule has 0 aliphatic rings. The molecule has 0 aliphatic heterocycles. The molecule has 0 aliphatic carbocycles. The molecule has 0 radical (unpaired) electrons. The maximum atomic E-state index is 11.8. The third-order valence-corrected chi connectivity index (χ3v) is 4.81. The van der Waals surface area contributed by atoms with Gasteiger partial charge in [0.05, 0.1) is 11.6 Å². The van der Waals surface area contributed by atoms with Gasteiger partial charge in [0.15, 0.2) is 0 Å². The van der Waals surface area contributed by atoms with E-state index in [0.29, 0.717) is 24.1 Å². The van der Waals surface area contributed by atoms with E-state index >= 15 is 0 Å². The Labute approximate surface area is 135 Å². The highest BCUT2D eigenvalue weighted by Crippen LogP contribution is 2.49. The fraction of sp³-hybridized carbons (Fsp3) is 0.235. The molecule has 0 amide bonds. The molecule has 0 fully saturated rings. The van der Waals surface area contributed by atoms with Gasteiger partial charge in [0.1, 0.15) is 5.78 Å². The lowest BCUT2D eigenvalue weighted by molar-refractivity contribution is 0.348. The molecule has 0 heterocycles.